The molecule has 0 spiro atoms. The molecule has 1 rings (SSSR count). The molecular weight excluding hydrogens is 260 g/mol. The van der Waals surface area contributed by atoms with Crippen LogP contribution in [0.1, 0.15) is 24.8 Å². The van der Waals surface area contributed by atoms with Crippen molar-refractivity contribution in [3.05, 3.63) is 11.2 Å². The lowest BCUT2D eigenvalue weighted by atomic mass is 10.0. The van der Waals surface area contributed by atoms with Gasteiger partial charge in [0.1, 0.15) is 0 Å². The Kier molecular flexibility index (Phi) is 5.51. The summed E-state index contributed by atoms with van der Waals surface area (Å²) in [6, 6.07) is 0. The summed E-state index contributed by atoms with van der Waals surface area (Å²) in [5.74, 6) is 0.170. The zero-order valence-corrected chi connectivity index (χ0v) is 11.6. The second kappa shape index (κ2) is 6.44. The Morgan fingerprint density at radius 1 is 1.59 bits per heavy atom. The van der Waals surface area contributed by atoms with Gasteiger partial charge in [0, 0.05) is 13.2 Å². The van der Waals surface area contributed by atoms with E-state index in [1.807, 2.05) is 6.92 Å². The lowest BCUT2D eigenvalue weighted by molar-refractivity contribution is 0.254. The SMILES string of the molecule is CCC(CCO)CNS(=O)(=O)c1cnc(C)s1. The zero-order valence-electron chi connectivity index (χ0n) is 10.0. The van der Waals surface area contributed by atoms with Gasteiger partial charge in [0.25, 0.3) is 10.0 Å². The minimum absolute atomic E-state index is 0.0832. The van der Waals surface area contributed by atoms with E-state index < -0.39 is 10.0 Å². The highest BCUT2D eigenvalue weighted by molar-refractivity contribution is 7.91. The summed E-state index contributed by atoms with van der Waals surface area (Å²) in [7, 11) is -3.44. The number of aromatic nitrogens is 1. The van der Waals surface area contributed by atoms with E-state index in [1.54, 1.807) is 6.92 Å². The Hall–Kier alpha value is -0.500. The number of rotatable bonds is 7. The Labute approximate surface area is 106 Å². The molecule has 1 atom stereocenters. The van der Waals surface area contributed by atoms with Crippen LogP contribution in [0.2, 0.25) is 0 Å². The number of nitrogens with one attached hydrogen (secondary N) is 1. The van der Waals surface area contributed by atoms with Gasteiger partial charge in [0.15, 0.2) is 4.21 Å². The zero-order chi connectivity index (χ0) is 12.9. The number of aryl methyl sites for hydroxylation is 1. The predicted molar refractivity (Wildman–Crippen MR) is 67.5 cm³/mol. The van der Waals surface area contributed by atoms with E-state index in [0.717, 1.165) is 22.8 Å². The molecule has 0 aliphatic heterocycles. The van der Waals surface area contributed by atoms with Crippen molar-refractivity contribution in [1.82, 2.24) is 9.71 Å². The number of nitrogens with zero attached hydrogens (tertiary/aromatic N) is 1. The van der Waals surface area contributed by atoms with Crippen LogP contribution < -0.4 is 4.72 Å². The molecule has 0 bridgehead atoms. The number of aliphatic hydroxyl groups excluding tert-OH is 1. The van der Waals surface area contributed by atoms with Gasteiger partial charge in [-0.1, -0.05) is 13.3 Å². The van der Waals surface area contributed by atoms with Gasteiger partial charge in [0.2, 0.25) is 0 Å². The average molecular weight is 278 g/mol. The Morgan fingerprint density at radius 3 is 2.76 bits per heavy atom. The largest absolute Gasteiger partial charge is 0.396 e. The van der Waals surface area contributed by atoms with Crippen molar-refractivity contribution in [2.24, 2.45) is 5.92 Å². The highest BCUT2D eigenvalue weighted by Gasteiger charge is 2.18. The van der Waals surface area contributed by atoms with Crippen molar-refractivity contribution in [3.8, 4) is 0 Å². The molecule has 0 saturated carbocycles. The van der Waals surface area contributed by atoms with Gasteiger partial charge >= 0.3 is 0 Å². The maximum Gasteiger partial charge on any atom is 0.251 e. The fourth-order valence-corrected chi connectivity index (χ4v) is 3.67. The summed E-state index contributed by atoms with van der Waals surface area (Å²) in [4.78, 5) is 3.93. The number of hydrogen-bond donors (Lipinski definition) is 2. The fraction of sp³-hybridized carbons (Fsp3) is 0.700. The Balaban J connectivity index is 2.61. The fourth-order valence-electron chi connectivity index (χ4n) is 1.40. The first-order chi connectivity index (χ1) is 7.99. The molecule has 1 heterocycles. The lowest BCUT2D eigenvalue weighted by Gasteiger charge is -2.13. The molecule has 0 amide bonds. The van der Waals surface area contributed by atoms with Gasteiger partial charge < -0.3 is 5.11 Å². The molecule has 17 heavy (non-hydrogen) atoms. The van der Waals surface area contributed by atoms with Crippen molar-refractivity contribution in [3.63, 3.8) is 0 Å². The molecule has 0 aromatic carbocycles. The summed E-state index contributed by atoms with van der Waals surface area (Å²) in [5, 5.41) is 9.56. The molecule has 0 radical (unpaired) electrons. The molecule has 7 heteroatoms. The number of sulfonamides is 1. The van der Waals surface area contributed by atoms with Gasteiger partial charge in [-0.25, -0.2) is 18.1 Å². The van der Waals surface area contributed by atoms with Crippen LogP contribution >= 0.6 is 11.3 Å². The average Bonchev–Trinajstić information content (AvgIpc) is 2.72. The highest BCUT2D eigenvalue weighted by Crippen LogP contribution is 2.18. The summed E-state index contributed by atoms with van der Waals surface area (Å²) in [6.45, 7) is 4.19. The minimum atomic E-state index is -3.44. The first-order valence-corrected chi connectivity index (χ1v) is 7.82. The summed E-state index contributed by atoms with van der Waals surface area (Å²) in [6.07, 6.45) is 2.82. The van der Waals surface area contributed by atoms with Crippen molar-refractivity contribution >= 4 is 21.4 Å². The first kappa shape index (κ1) is 14.6. The van der Waals surface area contributed by atoms with Crippen molar-refractivity contribution < 1.29 is 13.5 Å². The standard InChI is InChI=1S/C10H18N2O3S2/c1-3-9(4-5-13)6-12-17(14,15)10-7-11-8(2)16-10/h7,9,12-13H,3-6H2,1-2H3. The van der Waals surface area contributed by atoms with Gasteiger partial charge in [-0.3, -0.25) is 0 Å². The number of aliphatic hydroxyl groups is 1. The molecule has 98 valence electrons. The Bertz CT molecular complexity index is 442. The van der Waals surface area contributed by atoms with E-state index in [1.165, 1.54) is 6.20 Å². The van der Waals surface area contributed by atoms with Crippen LogP contribution in [-0.2, 0) is 10.0 Å². The van der Waals surface area contributed by atoms with Crippen molar-refractivity contribution in [2.45, 2.75) is 30.9 Å². The molecule has 5 nitrogen and oxygen atoms in total. The normalized spacial score (nSPS) is 13.8. The van der Waals surface area contributed by atoms with Crippen molar-refractivity contribution in [2.75, 3.05) is 13.2 Å². The van der Waals surface area contributed by atoms with Gasteiger partial charge in [-0.05, 0) is 19.3 Å². The first-order valence-electron chi connectivity index (χ1n) is 5.52. The van der Waals surface area contributed by atoms with E-state index in [2.05, 4.69) is 9.71 Å². The molecule has 1 aromatic heterocycles. The van der Waals surface area contributed by atoms with E-state index in [0.29, 0.717) is 13.0 Å². The molecule has 0 fully saturated rings. The molecule has 1 unspecified atom stereocenters. The highest BCUT2D eigenvalue weighted by atomic mass is 32.2. The molecule has 1 aromatic rings. The van der Waals surface area contributed by atoms with Crippen LogP contribution in [0.15, 0.2) is 10.4 Å². The van der Waals surface area contributed by atoms with Crippen LogP contribution in [-0.4, -0.2) is 31.7 Å². The summed E-state index contributed by atoms with van der Waals surface area (Å²) in [5.41, 5.74) is 0. The van der Waals surface area contributed by atoms with Crippen LogP contribution in [0.25, 0.3) is 0 Å². The maximum atomic E-state index is 11.9. The monoisotopic (exact) mass is 278 g/mol. The number of hydrogen-bond acceptors (Lipinski definition) is 5. The van der Waals surface area contributed by atoms with E-state index in [9.17, 15) is 8.42 Å². The summed E-state index contributed by atoms with van der Waals surface area (Å²) >= 11 is 1.16. The third kappa shape index (κ3) is 4.34. The second-order valence-corrected chi connectivity index (χ2v) is 7.07. The number of thiazole rings is 1. The second-order valence-electron chi connectivity index (χ2n) is 3.84. The van der Waals surface area contributed by atoms with Crippen LogP contribution in [0, 0.1) is 12.8 Å². The Morgan fingerprint density at radius 2 is 2.29 bits per heavy atom. The summed E-state index contributed by atoms with van der Waals surface area (Å²) < 4.78 is 26.5. The van der Waals surface area contributed by atoms with Gasteiger partial charge in [-0.2, -0.15) is 0 Å². The third-order valence-electron chi connectivity index (χ3n) is 2.54. The minimum Gasteiger partial charge on any atom is -0.396 e. The van der Waals surface area contributed by atoms with Crippen LogP contribution in [0.4, 0.5) is 0 Å². The van der Waals surface area contributed by atoms with E-state index in [4.69, 9.17) is 5.11 Å². The topological polar surface area (TPSA) is 79.3 Å². The van der Waals surface area contributed by atoms with Crippen LogP contribution in [0.3, 0.4) is 0 Å². The van der Waals surface area contributed by atoms with Gasteiger partial charge in [0.05, 0.1) is 11.2 Å². The molecule has 2 N–H and O–H groups in total. The quantitative estimate of drug-likeness (QED) is 0.784. The predicted octanol–water partition coefficient (Wildman–Crippen LogP) is 1.14. The van der Waals surface area contributed by atoms with E-state index in [-0.39, 0.29) is 16.7 Å². The third-order valence-corrected chi connectivity index (χ3v) is 5.34. The molecule has 0 aliphatic rings. The molecular formula is C10H18N2O3S2. The van der Waals surface area contributed by atoms with Crippen molar-refractivity contribution in [1.29, 1.82) is 0 Å². The van der Waals surface area contributed by atoms with Crippen LogP contribution in [0.5, 0.6) is 0 Å². The van der Waals surface area contributed by atoms with Gasteiger partial charge in [-0.15, -0.1) is 11.3 Å². The maximum absolute atomic E-state index is 11.9. The van der Waals surface area contributed by atoms with E-state index >= 15 is 0 Å². The molecule has 0 saturated heterocycles. The lowest BCUT2D eigenvalue weighted by Crippen LogP contribution is -2.29. The molecule has 0 aliphatic carbocycles. The smallest absolute Gasteiger partial charge is 0.251 e.